The van der Waals surface area contributed by atoms with Crippen molar-refractivity contribution in [1.29, 1.82) is 0 Å². The van der Waals surface area contributed by atoms with Crippen molar-refractivity contribution in [2.24, 2.45) is 0 Å². The summed E-state index contributed by atoms with van der Waals surface area (Å²) in [5, 5.41) is 17.4. The van der Waals surface area contributed by atoms with E-state index in [-0.39, 0.29) is 18.3 Å². The van der Waals surface area contributed by atoms with Gasteiger partial charge >= 0.3 is 0 Å². The smallest absolute Gasteiger partial charge is 0.253 e. The first-order valence-electron chi connectivity index (χ1n) is 7.88. The number of hydrogen-bond acceptors (Lipinski definition) is 6. The fourth-order valence-electron chi connectivity index (χ4n) is 2.67. The van der Waals surface area contributed by atoms with Gasteiger partial charge in [0.05, 0.1) is 11.3 Å². The van der Waals surface area contributed by atoms with Crippen LogP contribution in [0.15, 0.2) is 30.6 Å². The summed E-state index contributed by atoms with van der Waals surface area (Å²) in [6, 6.07) is 7.30. The normalized spacial score (nSPS) is 14.8. The van der Waals surface area contributed by atoms with Crippen molar-refractivity contribution in [3.63, 3.8) is 0 Å². The van der Waals surface area contributed by atoms with Crippen molar-refractivity contribution in [1.82, 2.24) is 35.7 Å². The van der Waals surface area contributed by atoms with E-state index in [0.29, 0.717) is 17.8 Å². The first kappa shape index (κ1) is 18.3. The standard InChI is InChI=1S/C15H21N7O.ClH/c23-15(17-6-3-9-21-10-7-16-8-11-21)13-4-1-2-5-14(13)22-12-18-19-20-22;/h1-2,4-5,12,16H,3,6-11H2,(H,17,23);1H. The third-order valence-electron chi connectivity index (χ3n) is 3.89. The lowest BCUT2D eigenvalue weighted by Crippen LogP contribution is -2.44. The van der Waals surface area contributed by atoms with E-state index in [2.05, 4.69) is 31.1 Å². The maximum absolute atomic E-state index is 12.4. The monoisotopic (exact) mass is 351 g/mol. The number of rotatable bonds is 6. The molecule has 0 atom stereocenters. The van der Waals surface area contributed by atoms with Gasteiger partial charge in [-0.2, -0.15) is 4.68 Å². The van der Waals surface area contributed by atoms with Crippen LogP contribution < -0.4 is 10.6 Å². The van der Waals surface area contributed by atoms with Gasteiger partial charge in [0.25, 0.3) is 5.91 Å². The van der Waals surface area contributed by atoms with Crippen LogP contribution in [0.1, 0.15) is 16.8 Å². The SMILES string of the molecule is Cl.O=C(NCCCN1CCNCC1)c1ccccc1-n1cnnn1. The molecule has 1 amide bonds. The van der Waals surface area contributed by atoms with E-state index < -0.39 is 0 Å². The van der Waals surface area contributed by atoms with Crippen LogP contribution in [0.2, 0.25) is 0 Å². The lowest BCUT2D eigenvalue weighted by molar-refractivity contribution is 0.0951. The molecule has 0 bridgehead atoms. The van der Waals surface area contributed by atoms with Crippen molar-refractivity contribution >= 4 is 18.3 Å². The molecule has 1 aromatic carbocycles. The Bertz CT molecular complexity index is 629. The van der Waals surface area contributed by atoms with Crippen LogP contribution in [0.25, 0.3) is 5.69 Å². The Morgan fingerprint density at radius 3 is 2.79 bits per heavy atom. The van der Waals surface area contributed by atoms with Crippen LogP contribution in [0, 0.1) is 0 Å². The molecule has 9 heteroatoms. The summed E-state index contributed by atoms with van der Waals surface area (Å²) in [7, 11) is 0. The molecule has 2 aromatic rings. The molecule has 3 rings (SSSR count). The number of piperazine rings is 1. The number of carbonyl (C=O) groups excluding carboxylic acids is 1. The molecular formula is C15H22ClN7O. The average molecular weight is 352 g/mol. The van der Waals surface area contributed by atoms with Gasteiger partial charge < -0.3 is 15.5 Å². The Morgan fingerprint density at radius 1 is 1.25 bits per heavy atom. The maximum atomic E-state index is 12.4. The number of para-hydroxylation sites is 1. The molecule has 1 saturated heterocycles. The van der Waals surface area contributed by atoms with Gasteiger partial charge in [0.1, 0.15) is 6.33 Å². The number of halogens is 1. The Kier molecular flexibility index (Phi) is 7.10. The Hall–Kier alpha value is -2.03. The largest absolute Gasteiger partial charge is 0.352 e. The highest BCUT2D eigenvalue weighted by atomic mass is 35.5. The van der Waals surface area contributed by atoms with Crippen LogP contribution in [0.4, 0.5) is 0 Å². The van der Waals surface area contributed by atoms with Gasteiger partial charge in [-0.15, -0.1) is 17.5 Å². The maximum Gasteiger partial charge on any atom is 0.253 e. The molecule has 1 aromatic heterocycles. The van der Waals surface area contributed by atoms with Crippen LogP contribution in [-0.4, -0.2) is 70.3 Å². The van der Waals surface area contributed by atoms with Gasteiger partial charge in [-0.1, -0.05) is 12.1 Å². The van der Waals surface area contributed by atoms with Crippen LogP contribution in [-0.2, 0) is 0 Å². The van der Waals surface area contributed by atoms with Crippen molar-refractivity contribution in [2.75, 3.05) is 39.3 Å². The van der Waals surface area contributed by atoms with Crippen LogP contribution in [0.5, 0.6) is 0 Å². The molecule has 0 saturated carbocycles. The predicted molar refractivity (Wildman–Crippen MR) is 92.7 cm³/mol. The van der Waals surface area contributed by atoms with Gasteiger partial charge in [-0.05, 0) is 35.5 Å². The number of tetrazole rings is 1. The van der Waals surface area contributed by atoms with Gasteiger partial charge in [0.15, 0.2) is 0 Å². The highest BCUT2D eigenvalue weighted by Crippen LogP contribution is 2.12. The Balaban J connectivity index is 0.00000208. The predicted octanol–water partition coefficient (Wildman–Crippen LogP) is 0.109. The fraction of sp³-hybridized carbons (Fsp3) is 0.467. The number of nitrogens with zero attached hydrogens (tertiary/aromatic N) is 5. The molecule has 2 N–H and O–H groups in total. The third-order valence-corrected chi connectivity index (χ3v) is 3.89. The number of aromatic nitrogens is 4. The summed E-state index contributed by atoms with van der Waals surface area (Å²) < 4.78 is 1.50. The Labute approximate surface area is 147 Å². The summed E-state index contributed by atoms with van der Waals surface area (Å²) in [4.78, 5) is 14.8. The fourth-order valence-corrected chi connectivity index (χ4v) is 2.67. The second kappa shape index (κ2) is 9.31. The molecule has 0 spiro atoms. The van der Waals surface area contributed by atoms with Crippen molar-refractivity contribution in [3.8, 4) is 5.69 Å². The van der Waals surface area contributed by atoms with Gasteiger partial charge in [-0.25, -0.2) is 0 Å². The number of amides is 1. The average Bonchev–Trinajstić information content (AvgIpc) is 3.14. The number of benzene rings is 1. The lowest BCUT2D eigenvalue weighted by atomic mass is 10.1. The number of carbonyl (C=O) groups is 1. The quantitative estimate of drug-likeness (QED) is 0.718. The topological polar surface area (TPSA) is 88.0 Å². The zero-order chi connectivity index (χ0) is 15.9. The van der Waals surface area contributed by atoms with E-state index in [4.69, 9.17) is 0 Å². The molecule has 1 fully saturated rings. The molecule has 8 nitrogen and oxygen atoms in total. The molecule has 1 aliphatic heterocycles. The molecular weight excluding hydrogens is 330 g/mol. The first-order chi connectivity index (χ1) is 11.3. The molecule has 0 radical (unpaired) electrons. The Morgan fingerprint density at radius 2 is 2.04 bits per heavy atom. The molecule has 1 aliphatic rings. The zero-order valence-corrected chi connectivity index (χ0v) is 14.2. The molecule has 2 heterocycles. The third kappa shape index (κ3) is 4.73. The summed E-state index contributed by atoms with van der Waals surface area (Å²) in [6.45, 7) is 5.92. The molecule has 130 valence electrons. The highest BCUT2D eigenvalue weighted by Gasteiger charge is 2.13. The van der Waals surface area contributed by atoms with E-state index in [0.717, 1.165) is 39.1 Å². The van der Waals surface area contributed by atoms with E-state index >= 15 is 0 Å². The van der Waals surface area contributed by atoms with Crippen LogP contribution in [0.3, 0.4) is 0 Å². The summed E-state index contributed by atoms with van der Waals surface area (Å²) >= 11 is 0. The number of hydrogen-bond donors (Lipinski definition) is 2. The molecule has 0 aliphatic carbocycles. The summed E-state index contributed by atoms with van der Waals surface area (Å²) in [5.41, 5.74) is 1.25. The van der Waals surface area contributed by atoms with Crippen molar-refractivity contribution < 1.29 is 4.79 Å². The van der Waals surface area contributed by atoms with E-state index in [1.54, 1.807) is 6.07 Å². The first-order valence-corrected chi connectivity index (χ1v) is 7.88. The van der Waals surface area contributed by atoms with Crippen molar-refractivity contribution in [2.45, 2.75) is 6.42 Å². The van der Waals surface area contributed by atoms with Crippen LogP contribution >= 0.6 is 12.4 Å². The second-order valence-electron chi connectivity index (χ2n) is 5.47. The van der Waals surface area contributed by atoms with E-state index in [9.17, 15) is 4.79 Å². The highest BCUT2D eigenvalue weighted by molar-refractivity contribution is 5.97. The summed E-state index contributed by atoms with van der Waals surface area (Å²) in [6.07, 6.45) is 2.43. The minimum absolute atomic E-state index is 0. The van der Waals surface area contributed by atoms with Gasteiger partial charge in [0.2, 0.25) is 0 Å². The van der Waals surface area contributed by atoms with E-state index in [1.165, 1.54) is 11.0 Å². The molecule has 24 heavy (non-hydrogen) atoms. The minimum atomic E-state index is -0.101. The number of nitrogens with one attached hydrogen (secondary N) is 2. The molecule has 0 unspecified atom stereocenters. The minimum Gasteiger partial charge on any atom is -0.352 e. The van der Waals surface area contributed by atoms with Gasteiger partial charge in [-0.3, -0.25) is 4.79 Å². The second-order valence-corrected chi connectivity index (χ2v) is 5.47. The van der Waals surface area contributed by atoms with Crippen molar-refractivity contribution in [3.05, 3.63) is 36.2 Å². The summed E-state index contributed by atoms with van der Waals surface area (Å²) in [5.74, 6) is -0.101. The van der Waals surface area contributed by atoms with Gasteiger partial charge in [0, 0.05) is 32.7 Å². The lowest BCUT2D eigenvalue weighted by Gasteiger charge is -2.27. The zero-order valence-electron chi connectivity index (χ0n) is 13.4. The van der Waals surface area contributed by atoms with E-state index in [1.807, 2.05) is 18.2 Å².